The van der Waals surface area contributed by atoms with E-state index in [1.807, 2.05) is 0 Å². The lowest BCUT2D eigenvalue weighted by molar-refractivity contribution is -0.318. The Morgan fingerprint density at radius 2 is 1.42 bits per heavy atom. The van der Waals surface area contributed by atoms with E-state index in [0.717, 1.165) is 24.3 Å². The molecule has 0 spiro atoms. The van der Waals surface area contributed by atoms with Crippen LogP contribution in [0.25, 0.3) is 22.3 Å². The van der Waals surface area contributed by atoms with Crippen molar-refractivity contribution in [3.8, 4) is 40.1 Å². The number of ether oxygens (including phenoxy) is 4. The van der Waals surface area contributed by atoms with E-state index in [0.29, 0.717) is 0 Å². The van der Waals surface area contributed by atoms with Gasteiger partial charge in [0.15, 0.2) is 23.5 Å². The molecule has 0 saturated carbocycles. The summed E-state index contributed by atoms with van der Waals surface area (Å²) >= 11 is 0. The first-order valence-electron chi connectivity index (χ1n) is 13.0. The number of fused-ring (bicyclic) bond motifs is 1. The summed E-state index contributed by atoms with van der Waals surface area (Å²) in [5.41, 5.74) is -1.35. The average Bonchev–Trinajstić information content (AvgIpc) is 2.96. The van der Waals surface area contributed by atoms with E-state index in [-0.39, 0.29) is 11.1 Å². The first-order valence-corrected chi connectivity index (χ1v) is 13.0. The lowest BCUT2D eigenvalue weighted by Gasteiger charge is -2.42. The van der Waals surface area contributed by atoms with Crippen LogP contribution in [-0.2, 0) is 14.2 Å². The topological polar surface area (TPSA) is 269 Å². The normalized spacial score (nSPS) is 33.0. The van der Waals surface area contributed by atoms with E-state index in [1.165, 1.54) is 13.0 Å². The van der Waals surface area contributed by atoms with Gasteiger partial charge in [0.1, 0.15) is 65.2 Å². The Hall–Kier alpha value is -3.71. The van der Waals surface area contributed by atoms with Gasteiger partial charge in [-0.3, -0.25) is 4.79 Å². The molecule has 2 aromatic carbocycles. The Labute approximate surface area is 241 Å². The van der Waals surface area contributed by atoms with Gasteiger partial charge >= 0.3 is 0 Å². The van der Waals surface area contributed by atoms with Crippen LogP contribution in [-0.4, -0.2) is 119 Å². The second kappa shape index (κ2) is 11.8. The number of rotatable bonds is 6. The summed E-state index contributed by atoms with van der Waals surface area (Å²) in [4.78, 5) is 13.6. The summed E-state index contributed by atoms with van der Waals surface area (Å²) in [6.07, 6.45) is -16.2. The summed E-state index contributed by atoms with van der Waals surface area (Å²) in [6.45, 7) is 0.818. The zero-order valence-electron chi connectivity index (χ0n) is 22.3. The number of hydrogen-bond donors (Lipinski definition) is 10. The van der Waals surface area contributed by atoms with Crippen molar-refractivity contribution in [2.24, 2.45) is 0 Å². The highest BCUT2D eigenvalue weighted by Crippen LogP contribution is 2.39. The number of aromatic hydroxyl groups is 4. The lowest BCUT2D eigenvalue weighted by atomic mass is 9.98. The third-order valence-electron chi connectivity index (χ3n) is 7.29. The van der Waals surface area contributed by atoms with Gasteiger partial charge in [0.05, 0.1) is 12.7 Å². The largest absolute Gasteiger partial charge is 0.508 e. The van der Waals surface area contributed by atoms with Crippen LogP contribution in [0.1, 0.15) is 6.92 Å². The molecule has 16 nitrogen and oxygen atoms in total. The van der Waals surface area contributed by atoms with Gasteiger partial charge in [-0.25, -0.2) is 0 Å². The molecule has 1 aromatic heterocycles. The highest BCUT2D eigenvalue weighted by Gasteiger charge is 2.47. The van der Waals surface area contributed by atoms with Crippen molar-refractivity contribution in [3.05, 3.63) is 40.6 Å². The molecule has 234 valence electrons. The van der Waals surface area contributed by atoms with Crippen molar-refractivity contribution in [1.29, 1.82) is 0 Å². The van der Waals surface area contributed by atoms with E-state index >= 15 is 0 Å². The average molecular weight is 611 g/mol. The van der Waals surface area contributed by atoms with Crippen LogP contribution in [0, 0.1) is 0 Å². The minimum Gasteiger partial charge on any atom is -0.508 e. The van der Waals surface area contributed by atoms with Crippen molar-refractivity contribution in [2.45, 2.75) is 68.3 Å². The maximum Gasteiger partial charge on any atom is 0.239 e. The molecular formula is C27H30O16. The Balaban J connectivity index is 1.48. The first-order chi connectivity index (χ1) is 20.3. The van der Waals surface area contributed by atoms with Gasteiger partial charge in [-0.2, -0.15) is 0 Å². The molecule has 2 fully saturated rings. The minimum atomic E-state index is -1.97. The van der Waals surface area contributed by atoms with E-state index in [1.54, 1.807) is 0 Å². The molecule has 3 aromatic rings. The van der Waals surface area contributed by atoms with Gasteiger partial charge in [-0.05, 0) is 25.1 Å². The van der Waals surface area contributed by atoms with Gasteiger partial charge in [0.2, 0.25) is 17.5 Å². The molecule has 5 unspecified atom stereocenters. The predicted octanol–water partition coefficient (Wildman–Crippen LogP) is -1.69. The molecule has 10 atom stereocenters. The Bertz CT molecular complexity index is 1540. The molecule has 2 aliphatic rings. The standard InChI is InChI=1S/C27H30O16/c1-8-17(32)20(35)22(37)26(40-8)39-7-15-18(33)21(36)23(38)27(42-15)43-25-19(34)16-13(31)5-10(28)6-14(16)41-24(25)9-2-3-11(29)12(30)4-9/h2-6,8,15,17-18,20-23,26-33,35-38H,7H2,1H3/t8?,15-,17?,18-,20+,21?,22+,23?,26?,27+/m1/s1. The fourth-order valence-electron chi connectivity index (χ4n) is 4.84. The number of phenolic OH excluding ortho intramolecular Hbond substituents is 4. The van der Waals surface area contributed by atoms with Crippen molar-refractivity contribution >= 4 is 11.0 Å². The molecule has 0 amide bonds. The molecule has 0 bridgehead atoms. The van der Waals surface area contributed by atoms with Crippen molar-refractivity contribution in [3.63, 3.8) is 0 Å². The quantitative estimate of drug-likeness (QED) is 0.140. The summed E-state index contributed by atoms with van der Waals surface area (Å²) < 4.78 is 27.8. The Morgan fingerprint density at radius 1 is 0.744 bits per heavy atom. The van der Waals surface area contributed by atoms with Crippen molar-refractivity contribution in [2.75, 3.05) is 6.61 Å². The second-order valence-corrected chi connectivity index (χ2v) is 10.3. The predicted molar refractivity (Wildman–Crippen MR) is 140 cm³/mol. The summed E-state index contributed by atoms with van der Waals surface area (Å²) in [7, 11) is 0. The third kappa shape index (κ3) is 5.67. The highest BCUT2D eigenvalue weighted by molar-refractivity contribution is 5.88. The maximum atomic E-state index is 13.6. The van der Waals surface area contributed by atoms with Gasteiger partial charge in [0, 0.05) is 17.7 Å². The molecule has 0 radical (unpaired) electrons. The van der Waals surface area contributed by atoms with E-state index in [4.69, 9.17) is 23.4 Å². The van der Waals surface area contributed by atoms with Crippen LogP contribution in [0.2, 0.25) is 0 Å². The van der Waals surface area contributed by atoms with Crippen LogP contribution >= 0.6 is 0 Å². The summed E-state index contributed by atoms with van der Waals surface area (Å²) in [5.74, 6) is -3.33. The molecule has 5 rings (SSSR count). The number of aliphatic hydroxyl groups excluding tert-OH is 6. The van der Waals surface area contributed by atoms with Crippen molar-refractivity contribution < 1.29 is 74.4 Å². The van der Waals surface area contributed by atoms with Gasteiger partial charge in [0.25, 0.3) is 0 Å². The van der Waals surface area contributed by atoms with Crippen LogP contribution in [0.15, 0.2) is 39.5 Å². The molecular weight excluding hydrogens is 580 g/mol. The minimum absolute atomic E-state index is 0.0313. The molecule has 2 saturated heterocycles. The molecule has 3 heterocycles. The molecule has 10 N–H and O–H groups in total. The number of phenols is 4. The van der Waals surface area contributed by atoms with Crippen molar-refractivity contribution in [1.82, 2.24) is 0 Å². The third-order valence-corrected chi connectivity index (χ3v) is 7.29. The monoisotopic (exact) mass is 610 g/mol. The zero-order chi connectivity index (χ0) is 31.3. The molecule has 2 aliphatic heterocycles. The molecule has 0 aliphatic carbocycles. The zero-order valence-corrected chi connectivity index (χ0v) is 22.3. The maximum absolute atomic E-state index is 13.6. The first kappa shape index (κ1) is 30.7. The second-order valence-electron chi connectivity index (χ2n) is 10.3. The fourth-order valence-corrected chi connectivity index (χ4v) is 4.84. The van der Waals surface area contributed by atoms with Gasteiger partial charge in [-0.1, -0.05) is 0 Å². The number of hydrogen-bond acceptors (Lipinski definition) is 16. The number of benzene rings is 2. The van der Waals surface area contributed by atoms with Crippen LogP contribution in [0.3, 0.4) is 0 Å². The fraction of sp³-hybridized carbons (Fsp3) is 0.444. The number of aliphatic hydroxyl groups is 6. The van der Waals surface area contributed by atoms with E-state index in [2.05, 4.69) is 0 Å². The SMILES string of the molecule is CC1OC(OC[C@H]2O[C@@H](Oc3c(-c4ccc(O)c(O)c4)oc4cc(O)cc(O)c4c3=O)C(O)C(O)[C@@H]2O)[C@@H](O)[C@@H](O)C1O. The summed E-state index contributed by atoms with van der Waals surface area (Å²) in [6, 6.07) is 5.24. The molecule has 16 heteroatoms. The van der Waals surface area contributed by atoms with Gasteiger partial charge < -0.3 is 74.4 Å². The van der Waals surface area contributed by atoms with E-state index < -0.39 is 113 Å². The van der Waals surface area contributed by atoms with E-state index in [9.17, 15) is 55.9 Å². The summed E-state index contributed by atoms with van der Waals surface area (Å²) in [5, 5.41) is 101. The van der Waals surface area contributed by atoms with Crippen LogP contribution in [0.4, 0.5) is 0 Å². The Kier molecular flexibility index (Phi) is 8.41. The Morgan fingerprint density at radius 3 is 2.12 bits per heavy atom. The van der Waals surface area contributed by atoms with Crippen LogP contribution in [0.5, 0.6) is 28.7 Å². The van der Waals surface area contributed by atoms with Crippen LogP contribution < -0.4 is 10.2 Å². The lowest BCUT2D eigenvalue weighted by Crippen LogP contribution is -2.61. The molecule has 43 heavy (non-hydrogen) atoms. The highest BCUT2D eigenvalue weighted by atomic mass is 16.7. The smallest absolute Gasteiger partial charge is 0.239 e. The van der Waals surface area contributed by atoms with Gasteiger partial charge in [-0.15, -0.1) is 0 Å².